The Morgan fingerprint density at radius 2 is 1.95 bits per heavy atom. The molecule has 0 aliphatic carbocycles. The highest BCUT2D eigenvalue weighted by atomic mass is 32.2. The average Bonchev–Trinajstić information content (AvgIpc) is 3.06. The molecule has 0 N–H and O–H groups in total. The molecule has 0 amide bonds. The number of furan rings is 1. The molecule has 0 aliphatic heterocycles. The van der Waals surface area contributed by atoms with E-state index >= 15 is 0 Å². The van der Waals surface area contributed by atoms with E-state index in [9.17, 15) is 4.39 Å². The Labute approximate surface area is 119 Å². The van der Waals surface area contributed by atoms with Crippen molar-refractivity contribution >= 4 is 11.8 Å². The lowest BCUT2D eigenvalue weighted by Crippen LogP contribution is -1.81. The summed E-state index contributed by atoms with van der Waals surface area (Å²) in [7, 11) is 0. The Hall–Kier alpha value is -2.08. The van der Waals surface area contributed by atoms with E-state index in [4.69, 9.17) is 8.83 Å². The van der Waals surface area contributed by atoms with Crippen LogP contribution in [0.5, 0.6) is 0 Å². The SMILES string of the molecule is Cc1occc1-c1nnc(SCc2ccc(F)cc2)o1. The van der Waals surface area contributed by atoms with Crippen LogP contribution in [0.1, 0.15) is 11.3 Å². The summed E-state index contributed by atoms with van der Waals surface area (Å²) in [4.78, 5) is 0. The molecule has 0 spiro atoms. The molecule has 0 fully saturated rings. The highest BCUT2D eigenvalue weighted by Crippen LogP contribution is 2.27. The van der Waals surface area contributed by atoms with Crippen molar-refractivity contribution in [1.29, 1.82) is 0 Å². The van der Waals surface area contributed by atoms with Crippen molar-refractivity contribution in [3.63, 3.8) is 0 Å². The van der Waals surface area contributed by atoms with Crippen LogP contribution in [0.15, 0.2) is 50.7 Å². The average molecular weight is 290 g/mol. The molecule has 6 heteroatoms. The fraction of sp³-hybridized carbons (Fsp3) is 0.143. The van der Waals surface area contributed by atoms with E-state index in [1.54, 1.807) is 24.5 Å². The first-order valence-electron chi connectivity index (χ1n) is 5.97. The number of hydrogen-bond donors (Lipinski definition) is 0. The van der Waals surface area contributed by atoms with Gasteiger partial charge in [0.2, 0.25) is 0 Å². The van der Waals surface area contributed by atoms with E-state index in [0.29, 0.717) is 16.9 Å². The van der Waals surface area contributed by atoms with Gasteiger partial charge in [-0.1, -0.05) is 23.9 Å². The largest absolute Gasteiger partial charge is 0.469 e. The topological polar surface area (TPSA) is 52.1 Å². The highest BCUT2D eigenvalue weighted by molar-refractivity contribution is 7.98. The van der Waals surface area contributed by atoms with E-state index < -0.39 is 0 Å². The second-order valence-corrected chi connectivity index (χ2v) is 5.11. The summed E-state index contributed by atoms with van der Waals surface area (Å²) in [6.07, 6.45) is 1.58. The molecule has 2 aromatic heterocycles. The second-order valence-electron chi connectivity index (χ2n) is 4.18. The molecule has 3 aromatic rings. The monoisotopic (exact) mass is 290 g/mol. The summed E-state index contributed by atoms with van der Waals surface area (Å²) < 4.78 is 23.6. The van der Waals surface area contributed by atoms with Gasteiger partial charge in [0.1, 0.15) is 11.6 Å². The third kappa shape index (κ3) is 2.75. The summed E-state index contributed by atoms with van der Waals surface area (Å²) in [5.41, 5.74) is 1.79. The molecule has 0 atom stereocenters. The zero-order valence-electron chi connectivity index (χ0n) is 10.7. The van der Waals surface area contributed by atoms with Gasteiger partial charge in [-0.05, 0) is 30.7 Å². The molecule has 0 saturated heterocycles. The summed E-state index contributed by atoms with van der Waals surface area (Å²) in [6, 6.07) is 8.13. The lowest BCUT2D eigenvalue weighted by molar-refractivity contribution is 0.463. The minimum Gasteiger partial charge on any atom is -0.469 e. The lowest BCUT2D eigenvalue weighted by atomic mass is 10.2. The molecule has 0 saturated carbocycles. The summed E-state index contributed by atoms with van der Waals surface area (Å²) in [5, 5.41) is 8.44. The van der Waals surface area contributed by atoms with Crippen LogP contribution in [0.3, 0.4) is 0 Å². The minimum absolute atomic E-state index is 0.241. The first kappa shape index (κ1) is 12.9. The minimum atomic E-state index is -0.241. The Balaban J connectivity index is 1.69. The number of thioether (sulfide) groups is 1. The Morgan fingerprint density at radius 1 is 1.15 bits per heavy atom. The van der Waals surface area contributed by atoms with Crippen LogP contribution >= 0.6 is 11.8 Å². The van der Waals surface area contributed by atoms with Crippen LogP contribution in [-0.4, -0.2) is 10.2 Å². The Kier molecular flexibility index (Phi) is 3.56. The number of aromatic nitrogens is 2. The van der Waals surface area contributed by atoms with Crippen LogP contribution in [0.25, 0.3) is 11.5 Å². The number of halogens is 1. The quantitative estimate of drug-likeness (QED) is 0.678. The first-order valence-corrected chi connectivity index (χ1v) is 6.96. The van der Waals surface area contributed by atoms with Gasteiger partial charge in [-0.3, -0.25) is 0 Å². The third-order valence-electron chi connectivity index (χ3n) is 2.77. The number of rotatable bonds is 4. The van der Waals surface area contributed by atoms with Gasteiger partial charge < -0.3 is 8.83 Å². The first-order chi connectivity index (χ1) is 9.72. The molecule has 2 heterocycles. The molecule has 0 radical (unpaired) electrons. The van der Waals surface area contributed by atoms with E-state index in [1.165, 1.54) is 23.9 Å². The molecular weight excluding hydrogens is 279 g/mol. The zero-order chi connectivity index (χ0) is 13.9. The van der Waals surface area contributed by atoms with E-state index in [0.717, 1.165) is 16.9 Å². The molecule has 0 bridgehead atoms. The van der Waals surface area contributed by atoms with Crippen molar-refractivity contribution in [3.8, 4) is 11.5 Å². The van der Waals surface area contributed by atoms with Gasteiger partial charge in [-0.25, -0.2) is 4.39 Å². The van der Waals surface area contributed by atoms with Crippen molar-refractivity contribution in [2.75, 3.05) is 0 Å². The molecule has 1 aromatic carbocycles. The highest BCUT2D eigenvalue weighted by Gasteiger charge is 2.13. The number of aryl methyl sites for hydroxylation is 1. The zero-order valence-corrected chi connectivity index (χ0v) is 11.5. The summed E-state index contributed by atoms with van der Waals surface area (Å²) >= 11 is 1.41. The fourth-order valence-corrected chi connectivity index (χ4v) is 2.43. The van der Waals surface area contributed by atoms with E-state index in [2.05, 4.69) is 10.2 Å². The van der Waals surface area contributed by atoms with Gasteiger partial charge >= 0.3 is 0 Å². The Bertz CT molecular complexity index is 706. The molecular formula is C14H11FN2O2S. The maximum atomic E-state index is 12.8. The Morgan fingerprint density at radius 3 is 2.65 bits per heavy atom. The molecule has 0 aliphatic rings. The van der Waals surface area contributed by atoms with Crippen molar-refractivity contribution in [2.24, 2.45) is 0 Å². The molecule has 4 nitrogen and oxygen atoms in total. The van der Waals surface area contributed by atoms with Gasteiger partial charge in [0.05, 0.1) is 11.8 Å². The molecule has 20 heavy (non-hydrogen) atoms. The van der Waals surface area contributed by atoms with Crippen molar-refractivity contribution in [3.05, 3.63) is 53.7 Å². The predicted molar refractivity (Wildman–Crippen MR) is 72.7 cm³/mol. The third-order valence-corrected chi connectivity index (χ3v) is 3.66. The van der Waals surface area contributed by atoms with Crippen molar-refractivity contribution in [2.45, 2.75) is 17.9 Å². The van der Waals surface area contributed by atoms with Crippen molar-refractivity contribution < 1.29 is 13.2 Å². The van der Waals surface area contributed by atoms with E-state index in [-0.39, 0.29) is 5.82 Å². The molecule has 0 unspecified atom stereocenters. The normalized spacial score (nSPS) is 10.9. The van der Waals surface area contributed by atoms with Crippen LogP contribution < -0.4 is 0 Å². The fourth-order valence-electron chi connectivity index (χ4n) is 1.71. The van der Waals surface area contributed by atoms with Gasteiger partial charge in [0.15, 0.2) is 0 Å². The molecule has 3 rings (SSSR count). The summed E-state index contributed by atoms with van der Waals surface area (Å²) in [6.45, 7) is 1.84. The second kappa shape index (κ2) is 5.50. The van der Waals surface area contributed by atoms with Gasteiger partial charge in [0, 0.05) is 5.75 Å². The maximum absolute atomic E-state index is 12.8. The summed E-state index contributed by atoms with van der Waals surface area (Å²) in [5.74, 6) is 1.59. The maximum Gasteiger partial charge on any atom is 0.277 e. The van der Waals surface area contributed by atoms with Crippen LogP contribution in [0.2, 0.25) is 0 Å². The number of benzene rings is 1. The van der Waals surface area contributed by atoms with Gasteiger partial charge in [0.25, 0.3) is 11.1 Å². The van der Waals surface area contributed by atoms with Gasteiger partial charge in [-0.15, -0.1) is 10.2 Å². The smallest absolute Gasteiger partial charge is 0.277 e. The van der Waals surface area contributed by atoms with Crippen molar-refractivity contribution in [1.82, 2.24) is 10.2 Å². The van der Waals surface area contributed by atoms with Crippen LogP contribution in [0.4, 0.5) is 4.39 Å². The number of nitrogens with zero attached hydrogens (tertiary/aromatic N) is 2. The number of hydrogen-bond acceptors (Lipinski definition) is 5. The van der Waals surface area contributed by atoms with Gasteiger partial charge in [-0.2, -0.15) is 0 Å². The predicted octanol–water partition coefficient (Wildman–Crippen LogP) is 4.07. The van der Waals surface area contributed by atoms with Crippen LogP contribution in [0, 0.1) is 12.7 Å². The standard InChI is InChI=1S/C14H11FN2O2S/c1-9-12(6-7-18-9)13-16-17-14(19-13)20-8-10-2-4-11(15)5-3-10/h2-7H,8H2,1H3. The van der Waals surface area contributed by atoms with E-state index in [1.807, 2.05) is 6.92 Å². The molecule has 102 valence electrons. The van der Waals surface area contributed by atoms with Crippen LogP contribution in [-0.2, 0) is 5.75 Å². The lowest BCUT2D eigenvalue weighted by Gasteiger charge is -1.97.